The lowest BCUT2D eigenvalue weighted by molar-refractivity contribution is -0.145. The van der Waals surface area contributed by atoms with E-state index >= 15 is 0 Å². The van der Waals surface area contributed by atoms with Crippen LogP contribution in [0.25, 0.3) is 10.9 Å². The third-order valence-electron chi connectivity index (χ3n) is 7.63. The quantitative estimate of drug-likeness (QED) is 0.251. The Bertz CT molecular complexity index is 1550. The molecule has 4 N–H and O–H groups in total. The van der Waals surface area contributed by atoms with Crippen molar-refractivity contribution in [2.75, 3.05) is 0 Å². The summed E-state index contributed by atoms with van der Waals surface area (Å²) in [5.74, 6) is -1.35. The molecule has 10 heteroatoms. The maximum Gasteiger partial charge on any atom is 0.246 e. The van der Waals surface area contributed by atoms with Crippen molar-refractivity contribution in [3.05, 3.63) is 89.4 Å². The van der Waals surface area contributed by atoms with Gasteiger partial charge >= 0.3 is 0 Å². The number of aromatic nitrogens is 3. The van der Waals surface area contributed by atoms with E-state index in [2.05, 4.69) is 25.6 Å². The van der Waals surface area contributed by atoms with Gasteiger partial charge in [-0.15, -0.1) is 0 Å². The van der Waals surface area contributed by atoms with Crippen LogP contribution >= 0.6 is 0 Å². The standard InChI is InChI=1S/C31H35FN6O3/c1-18(2)29(37-28(39)13-24-15-33-17-35-24)31(41)38-16-21-7-5-4-6-20(21)11-27(38)30(40)36-19(3)10-22-14-34-26-12-23(32)8-9-25(22)26/h4-9,12,14-15,17-19,27,29,34H,10-11,13,16H2,1-3H3,(H,33,35)(H,36,40)(H,37,39)/t19?,27-,29-/m0/s1. The zero-order chi connectivity index (χ0) is 29.1. The van der Waals surface area contributed by atoms with Crippen LogP contribution in [0.2, 0.25) is 0 Å². The molecule has 3 heterocycles. The minimum Gasteiger partial charge on any atom is -0.361 e. The largest absolute Gasteiger partial charge is 0.361 e. The zero-order valence-electron chi connectivity index (χ0n) is 23.4. The third kappa shape index (κ3) is 6.32. The Morgan fingerprint density at radius 2 is 1.85 bits per heavy atom. The summed E-state index contributed by atoms with van der Waals surface area (Å²) < 4.78 is 13.6. The summed E-state index contributed by atoms with van der Waals surface area (Å²) in [6.07, 6.45) is 5.89. The molecule has 1 aliphatic heterocycles. The third-order valence-corrected chi connectivity index (χ3v) is 7.63. The van der Waals surface area contributed by atoms with Crippen molar-refractivity contribution in [3.63, 3.8) is 0 Å². The van der Waals surface area contributed by atoms with Crippen LogP contribution in [0, 0.1) is 11.7 Å². The number of nitrogens with one attached hydrogen (secondary N) is 4. The number of carbonyl (C=O) groups excluding carboxylic acids is 3. The summed E-state index contributed by atoms with van der Waals surface area (Å²) in [4.78, 5) is 52.1. The Balaban J connectivity index is 1.33. The molecule has 4 aromatic rings. The van der Waals surface area contributed by atoms with Crippen LogP contribution in [0.15, 0.2) is 61.2 Å². The first-order valence-corrected chi connectivity index (χ1v) is 13.9. The number of amides is 3. The van der Waals surface area contributed by atoms with Crippen LogP contribution in [0.1, 0.15) is 43.2 Å². The second-order valence-corrected chi connectivity index (χ2v) is 11.1. The average molecular weight is 559 g/mol. The first-order chi connectivity index (χ1) is 19.7. The van der Waals surface area contributed by atoms with Crippen molar-refractivity contribution in [2.45, 2.75) is 64.7 Å². The van der Waals surface area contributed by atoms with Gasteiger partial charge in [0.05, 0.1) is 12.7 Å². The highest BCUT2D eigenvalue weighted by molar-refractivity contribution is 5.93. The minimum atomic E-state index is -0.796. The lowest BCUT2D eigenvalue weighted by Gasteiger charge is -2.39. The summed E-state index contributed by atoms with van der Waals surface area (Å²) in [6.45, 7) is 5.94. The predicted octanol–water partition coefficient (Wildman–Crippen LogP) is 3.41. The molecule has 5 rings (SSSR count). The maximum atomic E-state index is 14.0. The molecule has 0 saturated heterocycles. The van der Waals surface area contributed by atoms with Crippen LogP contribution in [0.5, 0.6) is 0 Å². The molecule has 0 bridgehead atoms. The lowest BCUT2D eigenvalue weighted by atomic mass is 9.91. The number of carbonyl (C=O) groups is 3. The molecule has 0 saturated carbocycles. The highest BCUT2D eigenvalue weighted by atomic mass is 19.1. The van der Waals surface area contributed by atoms with Crippen molar-refractivity contribution >= 4 is 28.6 Å². The smallest absolute Gasteiger partial charge is 0.246 e. The van der Waals surface area contributed by atoms with Gasteiger partial charge < -0.3 is 25.5 Å². The van der Waals surface area contributed by atoms with Crippen molar-refractivity contribution < 1.29 is 18.8 Å². The van der Waals surface area contributed by atoms with Crippen LogP contribution in [0.3, 0.4) is 0 Å². The van der Waals surface area contributed by atoms with Crippen molar-refractivity contribution in [2.24, 2.45) is 5.92 Å². The van der Waals surface area contributed by atoms with Crippen LogP contribution in [0.4, 0.5) is 4.39 Å². The van der Waals surface area contributed by atoms with Gasteiger partial charge in [0.1, 0.15) is 17.9 Å². The number of halogens is 1. The number of hydrogen-bond donors (Lipinski definition) is 4. The van der Waals surface area contributed by atoms with Crippen LogP contribution in [-0.2, 0) is 40.2 Å². The van der Waals surface area contributed by atoms with E-state index in [0.717, 1.165) is 22.1 Å². The van der Waals surface area contributed by atoms with Gasteiger partial charge in [0.2, 0.25) is 17.7 Å². The Morgan fingerprint density at radius 1 is 1.07 bits per heavy atom. The van der Waals surface area contributed by atoms with Gasteiger partial charge in [0, 0.05) is 48.0 Å². The zero-order valence-corrected chi connectivity index (χ0v) is 23.4. The molecule has 3 atom stereocenters. The van der Waals surface area contributed by atoms with Gasteiger partial charge in [-0.2, -0.15) is 0 Å². The van der Waals surface area contributed by atoms with Crippen LogP contribution in [-0.4, -0.2) is 55.7 Å². The van der Waals surface area contributed by atoms with E-state index in [-0.39, 0.29) is 48.5 Å². The second-order valence-electron chi connectivity index (χ2n) is 11.1. The van der Waals surface area contributed by atoms with Gasteiger partial charge in [-0.1, -0.05) is 38.1 Å². The van der Waals surface area contributed by atoms with Gasteiger partial charge in [-0.3, -0.25) is 14.4 Å². The van der Waals surface area contributed by atoms with Gasteiger partial charge in [0.15, 0.2) is 0 Å². The average Bonchev–Trinajstić information content (AvgIpc) is 3.60. The number of hydrogen-bond acceptors (Lipinski definition) is 4. The van der Waals surface area contributed by atoms with E-state index in [0.29, 0.717) is 24.1 Å². The summed E-state index contributed by atoms with van der Waals surface area (Å²) in [5, 5.41) is 6.89. The molecule has 2 aromatic heterocycles. The predicted molar refractivity (Wildman–Crippen MR) is 153 cm³/mol. The monoisotopic (exact) mass is 558 g/mol. The summed E-state index contributed by atoms with van der Waals surface area (Å²) >= 11 is 0. The van der Waals surface area contributed by atoms with Gasteiger partial charge in [-0.05, 0) is 54.2 Å². The molecule has 2 aromatic carbocycles. The molecular weight excluding hydrogens is 523 g/mol. The molecule has 1 aliphatic rings. The number of H-pyrrole nitrogens is 2. The van der Waals surface area contributed by atoms with E-state index in [4.69, 9.17) is 0 Å². The van der Waals surface area contributed by atoms with Crippen molar-refractivity contribution in [1.82, 2.24) is 30.5 Å². The number of rotatable bonds is 9. The Hall–Kier alpha value is -4.47. The molecular formula is C31H35FN6O3. The molecule has 0 spiro atoms. The van der Waals surface area contributed by atoms with E-state index in [1.807, 2.05) is 51.2 Å². The molecule has 214 valence electrons. The Kier molecular flexibility index (Phi) is 8.19. The van der Waals surface area contributed by atoms with Crippen molar-refractivity contribution in [3.8, 4) is 0 Å². The Labute approximate surface area is 237 Å². The fourth-order valence-corrected chi connectivity index (χ4v) is 5.51. The first-order valence-electron chi connectivity index (χ1n) is 13.9. The molecule has 0 radical (unpaired) electrons. The fraction of sp³-hybridized carbons (Fsp3) is 0.355. The molecule has 0 fully saturated rings. The van der Waals surface area contributed by atoms with Crippen LogP contribution < -0.4 is 10.6 Å². The lowest BCUT2D eigenvalue weighted by Crippen LogP contribution is -2.59. The summed E-state index contributed by atoms with van der Waals surface area (Å²) in [7, 11) is 0. The highest BCUT2D eigenvalue weighted by Crippen LogP contribution is 2.26. The number of benzene rings is 2. The number of fused-ring (bicyclic) bond motifs is 2. The molecule has 0 aliphatic carbocycles. The first kappa shape index (κ1) is 28.1. The Morgan fingerprint density at radius 3 is 2.59 bits per heavy atom. The number of nitrogens with zero attached hydrogens (tertiary/aromatic N) is 2. The SMILES string of the molecule is CC(Cc1c[nH]c2cc(F)ccc12)NC(=O)[C@@H]1Cc2ccccc2CN1C(=O)[C@@H](NC(=O)Cc1cnc[nH]1)C(C)C. The maximum absolute atomic E-state index is 14.0. The van der Waals surface area contributed by atoms with Crippen molar-refractivity contribution in [1.29, 1.82) is 0 Å². The second kappa shape index (κ2) is 12.0. The highest BCUT2D eigenvalue weighted by Gasteiger charge is 2.39. The normalized spacial score (nSPS) is 16.3. The van der Waals surface area contributed by atoms with E-state index < -0.39 is 12.1 Å². The minimum absolute atomic E-state index is 0.0707. The van der Waals surface area contributed by atoms with E-state index in [9.17, 15) is 18.8 Å². The van der Waals surface area contributed by atoms with Gasteiger partial charge in [0.25, 0.3) is 0 Å². The molecule has 3 amide bonds. The summed E-state index contributed by atoms with van der Waals surface area (Å²) in [5.41, 5.74) is 4.32. The molecule has 41 heavy (non-hydrogen) atoms. The number of aromatic amines is 2. The topological polar surface area (TPSA) is 123 Å². The van der Waals surface area contributed by atoms with Gasteiger partial charge in [-0.25, -0.2) is 9.37 Å². The number of imidazole rings is 1. The molecule has 9 nitrogen and oxygen atoms in total. The van der Waals surface area contributed by atoms with E-state index in [1.54, 1.807) is 17.2 Å². The summed E-state index contributed by atoms with van der Waals surface area (Å²) in [6, 6.07) is 10.6. The molecule has 1 unspecified atom stereocenters. The fourth-order valence-electron chi connectivity index (χ4n) is 5.51. The van der Waals surface area contributed by atoms with E-state index in [1.165, 1.54) is 18.5 Å².